The van der Waals surface area contributed by atoms with Gasteiger partial charge in [-0.1, -0.05) is 65.9 Å². The number of thiocarbonyl (C=S) groups is 1. The highest BCUT2D eigenvalue weighted by atomic mass is 35.5. The summed E-state index contributed by atoms with van der Waals surface area (Å²) in [6, 6.07) is 15.2. The highest BCUT2D eigenvalue weighted by Gasteiger charge is 2.30. The van der Waals surface area contributed by atoms with Crippen LogP contribution in [-0.4, -0.2) is 21.7 Å². The molecule has 3 nitrogen and oxygen atoms in total. The Balaban J connectivity index is 1.74. The molecule has 1 saturated heterocycles. The number of hydrogen-bond donors (Lipinski definition) is 0. The zero-order chi connectivity index (χ0) is 17.8. The van der Waals surface area contributed by atoms with Gasteiger partial charge in [-0.25, -0.2) is 0 Å². The van der Waals surface area contributed by atoms with Crippen molar-refractivity contribution in [3.63, 3.8) is 0 Å². The molecule has 0 unspecified atom stereocenters. The molecule has 0 bridgehead atoms. The van der Waals surface area contributed by atoms with Crippen molar-refractivity contribution in [1.82, 2.24) is 4.90 Å². The Labute approximate surface area is 161 Å². The largest absolute Gasteiger partial charge is 0.489 e. The lowest BCUT2D eigenvalue weighted by atomic mass is 10.2. The van der Waals surface area contributed by atoms with E-state index in [-0.39, 0.29) is 5.91 Å². The van der Waals surface area contributed by atoms with Gasteiger partial charge in [0.2, 0.25) is 0 Å². The second kappa shape index (κ2) is 8.04. The Hall–Kier alpha value is -1.82. The first-order valence-corrected chi connectivity index (χ1v) is 9.40. The zero-order valence-electron chi connectivity index (χ0n) is 13.6. The molecule has 2 aromatic carbocycles. The molecule has 128 valence electrons. The molecule has 1 amide bonds. The van der Waals surface area contributed by atoms with Crippen LogP contribution >= 0.6 is 35.6 Å². The molecule has 1 heterocycles. The van der Waals surface area contributed by atoms with Crippen molar-refractivity contribution in [1.29, 1.82) is 0 Å². The third-order valence-electron chi connectivity index (χ3n) is 3.70. The van der Waals surface area contributed by atoms with Crippen molar-refractivity contribution in [2.75, 3.05) is 6.54 Å². The van der Waals surface area contributed by atoms with E-state index in [0.29, 0.717) is 27.4 Å². The molecule has 0 saturated carbocycles. The fourth-order valence-corrected chi connectivity index (χ4v) is 3.97. The summed E-state index contributed by atoms with van der Waals surface area (Å²) in [5, 5.41) is 0.682. The van der Waals surface area contributed by atoms with E-state index in [2.05, 4.69) is 0 Å². The Morgan fingerprint density at radius 3 is 2.76 bits per heavy atom. The van der Waals surface area contributed by atoms with E-state index < -0.39 is 0 Å². The van der Waals surface area contributed by atoms with E-state index in [4.69, 9.17) is 28.6 Å². The van der Waals surface area contributed by atoms with Gasteiger partial charge in [0.1, 0.15) is 16.7 Å². The van der Waals surface area contributed by atoms with Crippen molar-refractivity contribution in [3.05, 3.63) is 69.6 Å². The molecule has 1 aliphatic rings. The number of rotatable bonds is 5. The average Bonchev–Trinajstić information content (AvgIpc) is 2.87. The number of thioether (sulfide) groups is 1. The highest BCUT2D eigenvalue weighted by Crippen LogP contribution is 2.32. The second-order valence-corrected chi connectivity index (χ2v) is 7.46. The molecular weight excluding hydrogens is 374 g/mol. The predicted octanol–water partition coefficient (Wildman–Crippen LogP) is 5.14. The third kappa shape index (κ3) is 4.24. The van der Waals surface area contributed by atoms with Gasteiger partial charge in [0.05, 0.1) is 4.91 Å². The van der Waals surface area contributed by atoms with Crippen LogP contribution in [0.15, 0.2) is 53.4 Å². The summed E-state index contributed by atoms with van der Waals surface area (Å²) in [5.74, 6) is 0.680. The Bertz CT molecular complexity index is 851. The van der Waals surface area contributed by atoms with E-state index in [1.807, 2.05) is 61.5 Å². The van der Waals surface area contributed by atoms with Gasteiger partial charge in [0.25, 0.3) is 5.91 Å². The molecule has 0 N–H and O–H groups in total. The fourth-order valence-electron chi connectivity index (χ4n) is 2.39. The maximum Gasteiger partial charge on any atom is 0.266 e. The number of amides is 1. The second-order valence-electron chi connectivity index (χ2n) is 5.38. The number of nitrogens with zero attached hydrogens (tertiary/aromatic N) is 1. The van der Waals surface area contributed by atoms with Crippen LogP contribution < -0.4 is 4.74 Å². The molecule has 0 radical (unpaired) electrons. The summed E-state index contributed by atoms with van der Waals surface area (Å²) >= 11 is 12.7. The number of likely N-dealkylation sites (N-methyl/N-ethyl adjacent to an activating group) is 1. The normalized spacial score (nSPS) is 15.9. The summed E-state index contributed by atoms with van der Waals surface area (Å²) in [5.41, 5.74) is 1.83. The van der Waals surface area contributed by atoms with E-state index in [1.165, 1.54) is 11.8 Å². The van der Waals surface area contributed by atoms with Gasteiger partial charge >= 0.3 is 0 Å². The summed E-state index contributed by atoms with van der Waals surface area (Å²) < 4.78 is 6.43. The maximum absolute atomic E-state index is 12.3. The molecule has 3 rings (SSSR count). The van der Waals surface area contributed by atoms with Crippen LogP contribution in [0, 0.1) is 0 Å². The van der Waals surface area contributed by atoms with Crippen LogP contribution in [0.5, 0.6) is 5.75 Å². The lowest BCUT2D eigenvalue weighted by Crippen LogP contribution is -2.27. The quantitative estimate of drug-likeness (QED) is 0.523. The van der Waals surface area contributed by atoms with Crippen LogP contribution in [0.1, 0.15) is 18.1 Å². The smallest absolute Gasteiger partial charge is 0.266 e. The lowest BCUT2D eigenvalue weighted by molar-refractivity contribution is -0.121. The fraction of sp³-hybridized carbons (Fsp3) is 0.158. The number of halogens is 1. The minimum atomic E-state index is -0.0418. The van der Waals surface area contributed by atoms with Crippen LogP contribution in [-0.2, 0) is 11.4 Å². The first-order chi connectivity index (χ1) is 12.1. The molecule has 25 heavy (non-hydrogen) atoms. The molecule has 0 atom stereocenters. The van der Waals surface area contributed by atoms with E-state index in [9.17, 15) is 4.79 Å². The molecule has 0 spiro atoms. The zero-order valence-corrected chi connectivity index (χ0v) is 16.0. The van der Waals surface area contributed by atoms with Gasteiger partial charge < -0.3 is 4.74 Å². The van der Waals surface area contributed by atoms with Crippen LogP contribution in [0.3, 0.4) is 0 Å². The Kier molecular flexibility index (Phi) is 5.78. The molecular formula is C19H16ClNO2S2. The maximum atomic E-state index is 12.3. The Morgan fingerprint density at radius 1 is 1.24 bits per heavy atom. The summed E-state index contributed by atoms with van der Waals surface area (Å²) in [6.07, 6.45) is 1.84. The van der Waals surface area contributed by atoms with Crippen LogP contribution in [0.2, 0.25) is 5.02 Å². The van der Waals surface area contributed by atoms with Gasteiger partial charge in [-0.2, -0.15) is 0 Å². The van der Waals surface area contributed by atoms with Crippen molar-refractivity contribution in [2.45, 2.75) is 13.5 Å². The van der Waals surface area contributed by atoms with Gasteiger partial charge in [-0.15, -0.1) is 0 Å². The van der Waals surface area contributed by atoms with Crippen molar-refractivity contribution in [3.8, 4) is 5.75 Å². The molecule has 0 aromatic heterocycles. The SMILES string of the molecule is CCN1C(=O)/C(=C\c2cccc(OCc3ccccc3Cl)c2)SC1=S. The topological polar surface area (TPSA) is 29.5 Å². The first-order valence-electron chi connectivity index (χ1n) is 7.80. The minimum Gasteiger partial charge on any atom is -0.489 e. The number of benzene rings is 2. The molecule has 1 fully saturated rings. The van der Waals surface area contributed by atoms with Gasteiger partial charge in [-0.3, -0.25) is 9.69 Å². The Morgan fingerprint density at radius 2 is 2.04 bits per heavy atom. The van der Waals surface area contributed by atoms with Crippen LogP contribution in [0.4, 0.5) is 0 Å². The van der Waals surface area contributed by atoms with Crippen molar-refractivity contribution in [2.24, 2.45) is 0 Å². The lowest BCUT2D eigenvalue weighted by Gasteiger charge is -2.09. The molecule has 0 aliphatic carbocycles. The average molecular weight is 390 g/mol. The molecule has 1 aliphatic heterocycles. The van der Waals surface area contributed by atoms with Gasteiger partial charge in [0, 0.05) is 17.1 Å². The molecule has 6 heteroatoms. The summed E-state index contributed by atoms with van der Waals surface area (Å²) in [6.45, 7) is 2.89. The highest BCUT2D eigenvalue weighted by molar-refractivity contribution is 8.26. The third-order valence-corrected chi connectivity index (χ3v) is 5.44. The summed E-state index contributed by atoms with van der Waals surface area (Å²) in [4.78, 5) is 14.5. The van der Waals surface area contributed by atoms with E-state index in [1.54, 1.807) is 4.90 Å². The van der Waals surface area contributed by atoms with Crippen molar-refractivity contribution < 1.29 is 9.53 Å². The van der Waals surface area contributed by atoms with Crippen molar-refractivity contribution >= 4 is 51.9 Å². The van der Waals surface area contributed by atoms with Crippen LogP contribution in [0.25, 0.3) is 6.08 Å². The first kappa shape index (κ1) is 18.0. The van der Waals surface area contributed by atoms with Gasteiger partial charge in [0.15, 0.2) is 0 Å². The molecule has 2 aromatic rings. The summed E-state index contributed by atoms with van der Waals surface area (Å²) in [7, 11) is 0. The number of carbonyl (C=O) groups excluding carboxylic acids is 1. The monoisotopic (exact) mass is 389 g/mol. The van der Waals surface area contributed by atoms with Gasteiger partial charge in [-0.05, 0) is 36.8 Å². The number of hydrogen-bond acceptors (Lipinski definition) is 4. The standard InChI is InChI=1S/C19H16ClNO2S2/c1-2-21-18(22)17(25-19(21)24)11-13-6-5-8-15(10-13)23-12-14-7-3-4-9-16(14)20/h3-11H,2,12H2,1H3/b17-11+. The van der Waals surface area contributed by atoms with E-state index in [0.717, 1.165) is 16.9 Å². The van der Waals surface area contributed by atoms with E-state index >= 15 is 0 Å². The minimum absolute atomic E-state index is 0.0418. The number of carbonyl (C=O) groups is 1. The predicted molar refractivity (Wildman–Crippen MR) is 108 cm³/mol. The number of ether oxygens (including phenoxy) is 1.